The third-order valence-electron chi connectivity index (χ3n) is 3.13. The Hall–Kier alpha value is -2.20. The Bertz CT molecular complexity index is 671. The fourth-order valence-corrected chi connectivity index (χ4v) is 2.10. The highest BCUT2D eigenvalue weighted by molar-refractivity contribution is 6.31. The van der Waals surface area contributed by atoms with E-state index >= 15 is 0 Å². The molecule has 0 saturated heterocycles. The van der Waals surface area contributed by atoms with Crippen molar-refractivity contribution in [3.05, 3.63) is 52.5 Å². The highest BCUT2D eigenvalue weighted by atomic mass is 35.5. The third-order valence-corrected chi connectivity index (χ3v) is 3.36. The largest absolute Gasteiger partial charge is 0.507 e. The lowest BCUT2D eigenvalue weighted by molar-refractivity contribution is 0.0990. The number of para-hydroxylation sites is 1. The summed E-state index contributed by atoms with van der Waals surface area (Å²) in [7, 11) is 1.59. The Kier molecular flexibility index (Phi) is 3.86. The summed E-state index contributed by atoms with van der Waals surface area (Å²) in [6, 6.07) is 9.93. The molecule has 20 heavy (non-hydrogen) atoms. The molecule has 104 valence electrons. The predicted molar refractivity (Wildman–Crippen MR) is 81.4 cm³/mol. The van der Waals surface area contributed by atoms with Gasteiger partial charge in [0.15, 0.2) is 0 Å². The SMILES string of the molecule is Cc1cccc(C(=O)N(C)c2cc(Cl)ccc2N)c1O. The highest BCUT2D eigenvalue weighted by Crippen LogP contribution is 2.29. The third kappa shape index (κ3) is 2.56. The Morgan fingerprint density at radius 2 is 2.00 bits per heavy atom. The number of hydrogen-bond acceptors (Lipinski definition) is 3. The highest BCUT2D eigenvalue weighted by Gasteiger charge is 2.19. The van der Waals surface area contributed by atoms with E-state index in [9.17, 15) is 9.90 Å². The fraction of sp³-hybridized carbons (Fsp3) is 0.133. The van der Waals surface area contributed by atoms with Gasteiger partial charge in [-0.15, -0.1) is 0 Å². The van der Waals surface area contributed by atoms with Crippen LogP contribution in [0.2, 0.25) is 5.02 Å². The van der Waals surface area contributed by atoms with Crippen molar-refractivity contribution in [3.63, 3.8) is 0 Å². The number of benzene rings is 2. The molecule has 1 amide bonds. The maximum atomic E-state index is 12.4. The van der Waals surface area contributed by atoms with Gasteiger partial charge in [-0.3, -0.25) is 4.79 Å². The Morgan fingerprint density at radius 3 is 2.70 bits per heavy atom. The Balaban J connectivity index is 2.43. The Morgan fingerprint density at radius 1 is 1.30 bits per heavy atom. The van der Waals surface area contributed by atoms with Gasteiger partial charge < -0.3 is 15.7 Å². The molecule has 4 nitrogen and oxygen atoms in total. The van der Waals surface area contributed by atoms with Crippen LogP contribution in [0.5, 0.6) is 5.75 Å². The molecule has 0 aliphatic rings. The first kappa shape index (κ1) is 14.2. The summed E-state index contributed by atoms with van der Waals surface area (Å²) < 4.78 is 0. The molecule has 0 aliphatic carbocycles. The number of aromatic hydroxyl groups is 1. The van der Waals surface area contributed by atoms with Crippen LogP contribution in [0.3, 0.4) is 0 Å². The van der Waals surface area contributed by atoms with Crippen molar-refractivity contribution in [1.29, 1.82) is 0 Å². The van der Waals surface area contributed by atoms with Crippen LogP contribution in [-0.2, 0) is 0 Å². The predicted octanol–water partition coefficient (Wildman–Crippen LogP) is 3.21. The van der Waals surface area contributed by atoms with E-state index in [1.54, 1.807) is 50.4 Å². The molecule has 0 heterocycles. The quantitative estimate of drug-likeness (QED) is 0.835. The van der Waals surface area contributed by atoms with Gasteiger partial charge in [-0.05, 0) is 36.8 Å². The number of phenolic OH excluding ortho intramolecular Hbond substituents is 1. The van der Waals surface area contributed by atoms with Gasteiger partial charge in [0, 0.05) is 12.1 Å². The molecule has 0 atom stereocenters. The number of halogens is 1. The van der Waals surface area contributed by atoms with E-state index in [0.29, 0.717) is 22.0 Å². The first-order chi connectivity index (χ1) is 9.41. The summed E-state index contributed by atoms with van der Waals surface area (Å²) in [5.41, 5.74) is 7.67. The van der Waals surface area contributed by atoms with Crippen molar-refractivity contribution in [3.8, 4) is 5.75 Å². The second-order valence-corrected chi connectivity index (χ2v) is 4.97. The van der Waals surface area contributed by atoms with Gasteiger partial charge in [-0.25, -0.2) is 0 Å². The molecule has 2 rings (SSSR count). The molecular weight excluding hydrogens is 276 g/mol. The zero-order valence-corrected chi connectivity index (χ0v) is 12.0. The number of amides is 1. The van der Waals surface area contributed by atoms with Crippen LogP contribution in [0, 0.1) is 6.92 Å². The number of aryl methyl sites for hydroxylation is 1. The van der Waals surface area contributed by atoms with Crippen molar-refractivity contribution >= 4 is 28.9 Å². The minimum absolute atomic E-state index is 0.0232. The normalized spacial score (nSPS) is 10.3. The van der Waals surface area contributed by atoms with Crippen LogP contribution >= 0.6 is 11.6 Å². The van der Waals surface area contributed by atoms with Crippen molar-refractivity contribution in [2.75, 3.05) is 17.7 Å². The van der Waals surface area contributed by atoms with Crippen molar-refractivity contribution in [1.82, 2.24) is 0 Å². The minimum atomic E-state index is -0.347. The number of carbonyl (C=O) groups is 1. The van der Waals surface area contributed by atoms with Gasteiger partial charge >= 0.3 is 0 Å². The van der Waals surface area contributed by atoms with E-state index in [1.165, 1.54) is 4.90 Å². The molecule has 0 saturated carbocycles. The van der Waals surface area contributed by atoms with Crippen LogP contribution < -0.4 is 10.6 Å². The van der Waals surface area contributed by atoms with Crippen molar-refractivity contribution in [2.24, 2.45) is 0 Å². The van der Waals surface area contributed by atoms with Crippen LogP contribution in [0.25, 0.3) is 0 Å². The average molecular weight is 291 g/mol. The molecular formula is C15H15ClN2O2. The molecule has 0 unspecified atom stereocenters. The Labute approximate surface area is 122 Å². The summed E-state index contributed by atoms with van der Waals surface area (Å²) in [5, 5.41) is 10.5. The molecule has 2 aromatic carbocycles. The summed E-state index contributed by atoms with van der Waals surface area (Å²) in [5.74, 6) is -0.370. The van der Waals surface area contributed by atoms with Crippen LogP contribution in [0.15, 0.2) is 36.4 Å². The van der Waals surface area contributed by atoms with Crippen molar-refractivity contribution in [2.45, 2.75) is 6.92 Å². The van der Waals surface area contributed by atoms with Gasteiger partial charge in [0.1, 0.15) is 5.75 Å². The molecule has 0 spiro atoms. The molecule has 2 aromatic rings. The lowest BCUT2D eigenvalue weighted by Gasteiger charge is -2.20. The van der Waals surface area contributed by atoms with E-state index in [-0.39, 0.29) is 17.2 Å². The minimum Gasteiger partial charge on any atom is -0.507 e. The summed E-state index contributed by atoms with van der Waals surface area (Å²) in [6.07, 6.45) is 0. The number of anilines is 2. The number of carbonyl (C=O) groups excluding carboxylic acids is 1. The zero-order valence-electron chi connectivity index (χ0n) is 11.2. The maximum absolute atomic E-state index is 12.4. The fourth-order valence-electron chi connectivity index (χ4n) is 1.93. The van der Waals surface area contributed by atoms with Crippen LogP contribution in [-0.4, -0.2) is 18.1 Å². The standard InChI is InChI=1S/C15H15ClN2O2/c1-9-4-3-5-11(14(9)19)15(20)18(2)13-8-10(16)6-7-12(13)17/h3-8,19H,17H2,1-2H3. The topological polar surface area (TPSA) is 66.6 Å². The van der Waals surface area contributed by atoms with Crippen LogP contribution in [0.4, 0.5) is 11.4 Å². The molecule has 3 N–H and O–H groups in total. The summed E-state index contributed by atoms with van der Waals surface area (Å²) in [4.78, 5) is 13.8. The number of nitrogens with two attached hydrogens (primary N) is 1. The lowest BCUT2D eigenvalue weighted by atomic mass is 10.1. The second-order valence-electron chi connectivity index (χ2n) is 4.54. The number of phenols is 1. The number of rotatable bonds is 2. The molecule has 0 bridgehead atoms. The van der Waals surface area contributed by atoms with E-state index < -0.39 is 0 Å². The smallest absolute Gasteiger partial charge is 0.261 e. The average Bonchev–Trinajstić information content (AvgIpc) is 2.43. The van der Waals surface area contributed by atoms with Gasteiger partial charge in [-0.2, -0.15) is 0 Å². The van der Waals surface area contributed by atoms with Gasteiger partial charge in [0.2, 0.25) is 0 Å². The van der Waals surface area contributed by atoms with Crippen LogP contribution in [0.1, 0.15) is 15.9 Å². The summed E-state index contributed by atoms with van der Waals surface area (Å²) in [6.45, 7) is 1.74. The van der Waals surface area contributed by atoms with Gasteiger partial charge in [0.25, 0.3) is 5.91 Å². The van der Waals surface area contributed by atoms with E-state index in [0.717, 1.165) is 0 Å². The number of nitrogens with zero attached hydrogens (tertiary/aromatic N) is 1. The van der Waals surface area contributed by atoms with Gasteiger partial charge in [0.05, 0.1) is 16.9 Å². The zero-order chi connectivity index (χ0) is 14.9. The second kappa shape index (κ2) is 5.43. The number of nitrogen functional groups attached to an aromatic ring is 1. The molecule has 0 aromatic heterocycles. The number of hydrogen-bond donors (Lipinski definition) is 2. The monoisotopic (exact) mass is 290 g/mol. The molecule has 0 fully saturated rings. The maximum Gasteiger partial charge on any atom is 0.261 e. The van der Waals surface area contributed by atoms with Gasteiger partial charge in [-0.1, -0.05) is 23.7 Å². The summed E-state index contributed by atoms with van der Waals surface area (Å²) >= 11 is 5.93. The first-order valence-corrected chi connectivity index (χ1v) is 6.41. The first-order valence-electron chi connectivity index (χ1n) is 6.03. The van der Waals surface area contributed by atoms with E-state index in [2.05, 4.69) is 0 Å². The van der Waals surface area contributed by atoms with E-state index in [1.807, 2.05) is 0 Å². The molecule has 0 aliphatic heterocycles. The van der Waals surface area contributed by atoms with Crippen molar-refractivity contribution < 1.29 is 9.90 Å². The molecule has 0 radical (unpaired) electrons. The van der Waals surface area contributed by atoms with E-state index in [4.69, 9.17) is 17.3 Å². The molecule has 5 heteroatoms. The lowest BCUT2D eigenvalue weighted by Crippen LogP contribution is -2.27.